The predicted molar refractivity (Wildman–Crippen MR) is 132 cm³/mol. The van der Waals surface area contributed by atoms with E-state index in [2.05, 4.69) is 102 Å². The van der Waals surface area contributed by atoms with E-state index >= 15 is 0 Å². The second kappa shape index (κ2) is 7.10. The maximum atomic E-state index is 7.97. The Morgan fingerprint density at radius 2 is 1.28 bits per heavy atom. The molecular formula is C29H25N3. The van der Waals surface area contributed by atoms with Crippen molar-refractivity contribution in [1.82, 2.24) is 4.57 Å². The Hall–Kier alpha value is -3.85. The summed E-state index contributed by atoms with van der Waals surface area (Å²) in [5.41, 5.74) is 11.3. The molecule has 4 aromatic carbocycles. The van der Waals surface area contributed by atoms with E-state index in [4.69, 9.17) is 11.1 Å². The monoisotopic (exact) mass is 415 g/mol. The van der Waals surface area contributed by atoms with Gasteiger partial charge in [0.2, 0.25) is 0 Å². The fraction of sp³-hybridized carbons (Fsp3) is 0.138. The van der Waals surface area contributed by atoms with Gasteiger partial charge in [-0.2, -0.15) is 0 Å². The molecule has 1 saturated carbocycles. The van der Waals surface area contributed by atoms with Crippen LogP contribution in [-0.4, -0.2) is 10.4 Å². The zero-order valence-electron chi connectivity index (χ0n) is 17.8. The summed E-state index contributed by atoms with van der Waals surface area (Å²) in [6.45, 7) is 0. The summed E-state index contributed by atoms with van der Waals surface area (Å²) in [4.78, 5) is 0. The number of nitrogen functional groups attached to an aromatic ring is 1. The molecule has 0 spiro atoms. The lowest BCUT2D eigenvalue weighted by Crippen LogP contribution is -2.38. The van der Waals surface area contributed by atoms with Gasteiger partial charge in [0.1, 0.15) is 5.84 Å². The Morgan fingerprint density at radius 3 is 1.88 bits per heavy atom. The average Bonchev–Trinajstić information content (AvgIpc) is 3.64. The smallest absolute Gasteiger partial charge is 0.122 e. The summed E-state index contributed by atoms with van der Waals surface area (Å²) in [6.07, 6.45) is 2.40. The lowest BCUT2D eigenvalue weighted by molar-refractivity contribution is 0.397. The van der Waals surface area contributed by atoms with Gasteiger partial charge in [-0.15, -0.1) is 0 Å². The molecule has 1 fully saturated rings. The van der Waals surface area contributed by atoms with E-state index in [0.29, 0.717) is 5.92 Å². The summed E-state index contributed by atoms with van der Waals surface area (Å²) in [5, 5.41) is 10.3. The summed E-state index contributed by atoms with van der Waals surface area (Å²) in [6, 6.07) is 36.7. The molecule has 156 valence electrons. The van der Waals surface area contributed by atoms with Crippen molar-refractivity contribution in [3.8, 4) is 0 Å². The fourth-order valence-corrected chi connectivity index (χ4v) is 5.48. The quantitative estimate of drug-likeness (QED) is 0.258. The SMILES string of the molecule is N=C(N)c1ccc2c(c1)c1ccccc1n2C(c1ccccc1)(c1ccccc1)C1CC1. The van der Waals surface area contributed by atoms with E-state index in [-0.39, 0.29) is 11.4 Å². The molecule has 6 rings (SSSR count). The Morgan fingerprint density at radius 1 is 0.719 bits per heavy atom. The molecule has 0 radical (unpaired) electrons. The summed E-state index contributed by atoms with van der Waals surface area (Å²) in [7, 11) is 0. The first-order chi connectivity index (χ1) is 15.7. The van der Waals surface area contributed by atoms with Crippen molar-refractivity contribution in [2.45, 2.75) is 18.4 Å². The van der Waals surface area contributed by atoms with E-state index in [9.17, 15) is 0 Å². The molecule has 5 aromatic rings. The van der Waals surface area contributed by atoms with Crippen LogP contribution in [0.1, 0.15) is 29.5 Å². The molecule has 1 aliphatic carbocycles. The molecule has 0 unspecified atom stereocenters. The Bertz CT molecular complexity index is 1400. The van der Waals surface area contributed by atoms with Gasteiger partial charge in [-0.1, -0.05) is 78.9 Å². The second-order valence-electron chi connectivity index (χ2n) is 8.77. The number of fused-ring (bicyclic) bond motifs is 3. The zero-order chi connectivity index (χ0) is 21.7. The highest BCUT2D eigenvalue weighted by Crippen LogP contribution is 2.54. The lowest BCUT2D eigenvalue weighted by Gasteiger charge is -2.39. The number of amidine groups is 1. The zero-order valence-corrected chi connectivity index (χ0v) is 17.8. The number of nitrogens with zero attached hydrogens (tertiary/aromatic N) is 1. The van der Waals surface area contributed by atoms with Crippen molar-refractivity contribution in [1.29, 1.82) is 5.41 Å². The predicted octanol–water partition coefficient (Wildman–Crippen LogP) is 6.28. The van der Waals surface area contributed by atoms with Crippen molar-refractivity contribution < 1.29 is 0 Å². The lowest BCUT2D eigenvalue weighted by atomic mass is 9.78. The van der Waals surface area contributed by atoms with Crippen molar-refractivity contribution in [3.05, 3.63) is 120 Å². The third-order valence-corrected chi connectivity index (χ3v) is 6.93. The fourth-order valence-electron chi connectivity index (χ4n) is 5.48. The molecule has 1 aliphatic rings. The van der Waals surface area contributed by atoms with Crippen LogP contribution in [0.2, 0.25) is 0 Å². The Kier molecular flexibility index (Phi) is 4.19. The number of hydrogen-bond acceptors (Lipinski definition) is 1. The molecule has 1 aromatic heterocycles. The first-order valence-electron chi connectivity index (χ1n) is 11.2. The van der Waals surface area contributed by atoms with Crippen LogP contribution in [0, 0.1) is 11.3 Å². The Balaban J connectivity index is 1.81. The van der Waals surface area contributed by atoms with Crippen LogP contribution in [0.15, 0.2) is 103 Å². The standard InChI is InChI=1S/C29H25N3/c30-28(31)20-15-18-27-25(19-20)24-13-7-8-14-26(24)32(27)29(23-16-17-23,21-9-3-1-4-10-21)22-11-5-2-6-12-22/h1-15,18-19,23H,16-17H2,(H3,30,31). The molecule has 0 amide bonds. The van der Waals surface area contributed by atoms with Crippen LogP contribution >= 0.6 is 0 Å². The number of benzene rings is 4. The van der Waals surface area contributed by atoms with Gasteiger partial charge in [-0.3, -0.25) is 5.41 Å². The van der Waals surface area contributed by atoms with Gasteiger partial charge in [0.25, 0.3) is 0 Å². The third kappa shape index (κ3) is 2.64. The van der Waals surface area contributed by atoms with E-state index in [1.807, 2.05) is 6.07 Å². The van der Waals surface area contributed by atoms with Gasteiger partial charge < -0.3 is 10.3 Å². The van der Waals surface area contributed by atoms with Crippen LogP contribution < -0.4 is 5.73 Å². The molecule has 3 nitrogen and oxygen atoms in total. The second-order valence-corrected chi connectivity index (χ2v) is 8.77. The molecule has 1 heterocycles. The minimum Gasteiger partial charge on any atom is -0.384 e. The van der Waals surface area contributed by atoms with Crippen LogP contribution in [0.25, 0.3) is 21.8 Å². The van der Waals surface area contributed by atoms with E-state index in [1.54, 1.807) is 0 Å². The van der Waals surface area contributed by atoms with Gasteiger partial charge in [-0.25, -0.2) is 0 Å². The number of aromatic nitrogens is 1. The first kappa shape index (κ1) is 18.9. The average molecular weight is 416 g/mol. The number of nitrogens with two attached hydrogens (primary N) is 1. The number of nitrogens with one attached hydrogen (secondary N) is 1. The molecule has 0 atom stereocenters. The van der Waals surface area contributed by atoms with E-state index in [0.717, 1.165) is 10.9 Å². The number of hydrogen-bond donors (Lipinski definition) is 2. The first-order valence-corrected chi connectivity index (χ1v) is 11.2. The van der Waals surface area contributed by atoms with Gasteiger partial charge in [0.15, 0.2) is 0 Å². The van der Waals surface area contributed by atoms with Crippen molar-refractivity contribution in [3.63, 3.8) is 0 Å². The maximum Gasteiger partial charge on any atom is 0.122 e. The molecule has 0 bridgehead atoms. The van der Waals surface area contributed by atoms with Crippen LogP contribution in [0.5, 0.6) is 0 Å². The van der Waals surface area contributed by atoms with Crippen LogP contribution in [0.3, 0.4) is 0 Å². The topological polar surface area (TPSA) is 54.8 Å². The Labute approximate surface area is 187 Å². The number of rotatable bonds is 5. The van der Waals surface area contributed by atoms with Crippen molar-refractivity contribution in [2.75, 3.05) is 0 Å². The highest BCUT2D eigenvalue weighted by Gasteiger charge is 2.50. The van der Waals surface area contributed by atoms with Gasteiger partial charge in [0, 0.05) is 16.3 Å². The molecule has 0 aliphatic heterocycles. The largest absolute Gasteiger partial charge is 0.384 e. The molecule has 32 heavy (non-hydrogen) atoms. The maximum absolute atomic E-state index is 7.97. The normalized spacial score (nSPS) is 14.1. The van der Waals surface area contributed by atoms with E-state index in [1.165, 1.54) is 40.4 Å². The van der Waals surface area contributed by atoms with Gasteiger partial charge in [0.05, 0.1) is 16.6 Å². The summed E-state index contributed by atoms with van der Waals surface area (Å²) < 4.78 is 2.56. The summed E-state index contributed by atoms with van der Waals surface area (Å²) >= 11 is 0. The van der Waals surface area contributed by atoms with Gasteiger partial charge >= 0.3 is 0 Å². The number of para-hydroxylation sites is 1. The van der Waals surface area contributed by atoms with Crippen molar-refractivity contribution in [2.24, 2.45) is 11.7 Å². The van der Waals surface area contributed by atoms with Crippen LogP contribution in [-0.2, 0) is 5.54 Å². The third-order valence-electron chi connectivity index (χ3n) is 6.93. The van der Waals surface area contributed by atoms with Crippen LogP contribution in [0.4, 0.5) is 0 Å². The summed E-state index contributed by atoms with van der Waals surface area (Å²) in [5.74, 6) is 0.613. The molecule has 0 saturated heterocycles. The minimum atomic E-state index is -0.304. The highest BCUT2D eigenvalue weighted by atomic mass is 15.1. The highest BCUT2D eigenvalue weighted by molar-refractivity contribution is 6.11. The minimum absolute atomic E-state index is 0.100. The van der Waals surface area contributed by atoms with Crippen molar-refractivity contribution >= 4 is 27.6 Å². The molecular weight excluding hydrogens is 390 g/mol. The van der Waals surface area contributed by atoms with Gasteiger partial charge in [-0.05, 0) is 54.2 Å². The molecule has 3 N–H and O–H groups in total. The molecule has 3 heteroatoms. The van der Waals surface area contributed by atoms with E-state index < -0.39 is 0 Å².